The normalized spacial score (nSPS) is 14.1. The maximum atomic E-state index is 12.2. The van der Waals surface area contributed by atoms with Crippen molar-refractivity contribution in [3.8, 4) is 0 Å². The SMILES string of the molecule is N[C@@H](c1ccc(Cl)c(I)c1)C(F)(F)F. The van der Waals surface area contributed by atoms with Crippen LogP contribution in [0.4, 0.5) is 13.2 Å². The van der Waals surface area contributed by atoms with Crippen molar-refractivity contribution in [3.05, 3.63) is 32.4 Å². The second-order valence-corrected chi connectivity index (χ2v) is 4.26. The summed E-state index contributed by atoms with van der Waals surface area (Å²) >= 11 is 7.53. The molecule has 14 heavy (non-hydrogen) atoms. The molecule has 1 aromatic rings. The Kier molecular flexibility index (Phi) is 3.65. The minimum Gasteiger partial charge on any atom is -0.316 e. The van der Waals surface area contributed by atoms with Crippen LogP contribution < -0.4 is 5.73 Å². The van der Waals surface area contributed by atoms with Crippen molar-refractivity contribution in [2.75, 3.05) is 0 Å². The summed E-state index contributed by atoms with van der Waals surface area (Å²) in [5.41, 5.74) is 5.04. The van der Waals surface area contributed by atoms with Gasteiger partial charge < -0.3 is 5.73 Å². The van der Waals surface area contributed by atoms with Crippen LogP contribution in [0.3, 0.4) is 0 Å². The molecular formula is C8H6ClF3IN. The molecule has 1 aromatic carbocycles. The third-order valence-electron chi connectivity index (χ3n) is 1.66. The second kappa shape index (κ2) is 4.24. The van der Waals surface area contributed by atoms with E-state index in [2.05, 4.69) is 0 Å². The molecule has 0 heterocycles. The zero-order valence-corrected chi connectivity index (χ0v) is 9.69. The molecule has 0 aliphatic rings. The van der Waals surface area contributed by atoms with Crippen LogP contribution in [0.5, 0.6) is 0 Å². The summed E-state index contributed by atoms with van der Waals surface area (Å²) < 4.78 is 37.2. The fraction of sp³-hybridized carbons (Fsp3) is 0.250. The molecule has 0 amide bonds. The fourth-order valence-electron chi connectivity index (χ4n) is 0.895. The number of halogens is 5. The summed E-state index contributed by atoms with van der Waals surface area (Å²) in [6, 6.07) is 2.07. The molecule has 78 valence electrons. The van der Waals surface area contributed by atoms with E-state index in [1.807, 2.05) is 22.6 Å². The van der Waals surface area contributed by atoms with Crippen LogP contribution in [0.2, 0.25) is 5.02 Å². The van der Waals surface area contributed by atoms with Crippen molar-refractivity contribution >= 4 is 34.2 Å². The highest BCUT2D eigenvalue weighted by molar-refractivity contribution is 14.1. The van der Waals surface area contributed by atoms with Gasteiger partial charge in [-0.1, -0.05) is 17.7 Å². The molecule has 0 aliphatic carbocycles. The minimum atomic E-state index is -4.42. The van der Waals surface area contributed by atoms with Crippen molar-refractivity contribution in [1.82, 2.24) is 0 Å². The molecule has 1 nitrogen and oxygen atoms in total. The Morgan fingerprint density at radius 2 is 1.93 bits per heavy atom. The van der Waals surface area contributed by atoms with Crippen molar-refractivity contribution in [2.24, 2.45) is 5.73 Å². The lowest BCUT2D eigenvalue weighted by Gasteiger charge is -2.16. The molecule has 6 heteroatoms. The van der Waals surface area contributed by atoms with Crippen LogP contribution in [-0.2, 0) is 0 Å². The van der Waals surface area contributed by atoms with E-state index in [0.29, 0.717) is 8.59 Å². The van der Waals surface area contributed by atoms with Crippen LogP contribution in [0.1, 0.15) is 11.6 Å². The van der Waals surface area contributed by atoms with Gasteiger partial charge in [-0.05, 0) is 40.3 Å². The van der Waals surface area contributed by atoms with Crippen LogP contribution >= 0.6 is 34.2 Å². The number of rotatable bonds is 1. The lowest BCUT2D eigenvalue weighted by Crippen LogP contribution is -2.28. The maximum Gasteiger partial charge on any atom is 0.407 e. The molecule has 1 atom stereocenters. The summed E-state index contributed by atoms with van der Waals surface area (Å²) in [5, 5.41) is 0.420. The monoisotopic (exact) mass is 335 g/mol. The topological polar surface area (TPSA) is 26.0 Å². The first-order valence-corrected chi connectivity index (χ1v) is 5.05. The quantitative estimate of drug-likeness (QED) is 0.781. The van der Waals surface area contributed by atoms with E-state index in [1.165, 1.54) is 18.2 Å². The van der Waals surface area contributed by atoms with E-state index in [4.69, 9.17) is 17.3 Å². The summed E-state index contributed by atoms with van der Waals surface area (Å²) in [6.07, 6.45) is -4.42. The highest BCUT2D eigenvalue weighted by atomic mass is 127. The summed E-state index contributed by atoms with van der Waals surface area (Å²) in [7, 11) is 0. The van der Waals surface area contributed by atoms with Gasteiger partial charge in [0.05, 0.1) is 5.02 Å². The van der Waals surface area contributed by atoms with Crippen molar-refractivity contribution in [3.63, 3.8) is 0 Å². The Morgan fingerprint density at radius 3 is 2.36 bits per heavy atom. The Labute approximate surface area is 97.6 Å². The molecule has 0 unspecified atom stereocenters. The Morgan fingerprint density at radius 1 is 1.36 bits per heavy atom. The molecular weight excluding hydrogens is 329 g/mol. The molecule has 1 rings (SSSR count). The molecule has 0 saturated carbocycles. The molecule has 0 spiro atoms. The number of nitrogens with two attached hydrogens (primary N) is 1. The smallest absolute Gasteiger partial charge is 0.316 e. The summed E-state index contributed by atoms with van der Waals surface area (Å²) in [4.78, 5) is 0. The van der Waals surface area contributed by atoms with E-state index in [9.17, 15) is 13.2 Å². The van der Waals surface area contributed by atoms with Gasteiger partial charge in [-0.25, -0.2) is 0 Å². The first kappa shape index (κ1) is 12.1. The molecule has 0 fully saturated rings. The number of hydrogen-bond acceptors (Lipinski definition) is 1. The number of alkyl halides is 3. The molecule has 0 radical (unpaired) electrons. The second-order valence-electron chi connectivity index (χ2n) is 2.69. The lowest BCUT2D eigenvalue weighted by molar-refractivity contribution is -0.149. The van der Waals surface area contributed by atoms with Crippen LogP contribution in [0, 0.1) is 3.57 Å². The van der Waals surface area contributed by atoms with Crippen molar-refractivity contribution in [1.29, 1.82) is 0 Å². The third-order valence-corrected chi connectivity index (χ3v) is 3.20. The lowest BCUT2D eigenvalue weighted by atomic mass is 10.1. The first-order valence-electron chi connectivity index (χ1n) is 3.59. The van der Waals surface area contributed by atoms with E-state index in [1.54, 1.807) is 0 Å². The zero-order chi connectivity index (χ0) is 10.9. The fourth-order valence-corrected chi connectivity index (χ4v) is 1.55. The highest BCUT2D eigenvalue weighted by Crippen LogP contribution is 2.32. The van der Waals surface area contributed by atoms with E-state index >= 15 is 0 Å². The van der Waals surface area contributed by atoms with E-state index in [-0.39, 0.29) is 5.56 Å². The standard InChI is InChI=1S/C8H6ClF3IN/c9-5-2-1-4(3-6(5)13)7(14)8(10,11)12/h1-3,7H,14H2/t7-/m0/s1. The van der Waals surface area contributed by atoms with Gasteiger partial charge in [0.1, 0.15) is 6.04 Å². The van der Waals surface area contributed by atoms with Gasteiger partial charge in [-0.3, -0.25) is 0 Å². The maximum absolute atomic E-state index is 12.2. The van der Waals surface area contributed by atoms with Gasteiger partial charge in [0.25, 0.3) is 0 Å². The Balaban J connectivity index is 3.03. The minimum absolute atomic E-state index is 0.0197. The largest absolute Gasteiger partial charge is 0.407 e. The molecule has 0 aromatic heterocycles. The third kappa shape index (κ3) is 2.74. The highest BCUT2D eigenvalue weighted by Gasteiger charge is 2.37. The van der Waals surface area contributed by atoms with Gasteiger partial charge in [0.2, 0.25) is 0 Å². The zero-order valence-electron chi connectivity index (χ0n) is 6.78. The van der Waals surface area contributed by atoms with Gasteiger partial charge in [-0.2, -0.15) is 13.2 Å². The molecule has 0 aliphatic heterocycles. The number of benzene rings is 1. The van der Waals surface area contributed by atoms with Gasteiger partial charge >= 0.3 is 6.18 Å². The average Bonchev–Trinajstić information content (AvgIpc) is 2.07. The van der Waals surface area contributed by atoms with Gasteiger partial charge in [0, 0.05) is 3.57 Å². The van der Waals surface area contributed by atoms with Crippen LogP contribution in [-0.4, -0.2) is 6.18 Å². The van der Waals surface area contributed by atoms with Crippen LogP contribution in [0.15, 0.2) is 18.2 Å². The van der Waals surface area contributed by atoms with Crippen molar-refractivity contribution < 1.29 is 13.2 Å². The first-order chi connectivity index (χ1) is 6.32. The Hall–Kier alpha value is -0.0100. The summed E-state index contributed by atoms with van der Waals surface area (Å²) in [5.74, 6) is 0. The predicted octanol–water partition coefficient (Wildman–Crippen LogP) is 3.51. The van der Waals surface area contributed by atoms with Crippen molar-refractivity contribution in [2.45, 2.75) is 12.2 Å². The molecule has 2 N–H and O–H groups in total. The molecule has 0 saturated heterocycles. The van der Waals surface area contributed by atoms with E-state index in [0.717, 1.165) is 0 Å². The summed E-state index contributed by atoms with van der Waals surface area (Å²) in [6.45, 7) is 0. The van der Waals surface area contributed by atoms with Gasteiger partial charge in [-0.15, -0.1) is 0 Å². The van der Waals surface area contributed by atoms with Gasteiger partial charge in [0.15, 0.2) is 0 Å². The average molecular weight is 335 g/mol. The molecule has 0 bridgehead atoms. The predicted molar refractivity (Wildman–Crippen MR) is 57.2 cm³/mol. The van der Waals surface area contributed by atoms with Crippen LogP contribution in [0.25, 0.3) is 0 Å². The Bertz CT molecular complexity index is 340. The van der Waals surface area contributed by atoms with E-state index < -0.39 is 12.2 Å². The number of hydrogen-bond donors (Lipinski definition) is 1.